The summed E-state index contributed by atoms with van der Waals surface area (Å²) in [4.78, 5) is 12.8. The van der Waals surface area contributed by atoms with Gasteiger partial charge in [-0.15, -0.1) is 0 Å². The molecule has 1 saturated carbocycles. The topological polar surface area (TPSA) is 67.8 Å². The molecule has 1 aliphatic carbocycles. The molecule has 0 spiro atoms. The minimum atomic E-state index is -2.08. The number of nitrogens with one attached hydrogen (secondary N) is 1. The van der Waals surface area contributed by atoms with E-state index in [0.29, 0.717) is 5.57 Å². The lowest BCUT2D eigenvalue weighted by Crippen LogP contribution is -2.67. The van der Waals surface area contributed by atoms with Crippen LogP contribution in [0.1, 0.15) is 52.5 Å². The van der Waals surface area contributed by atoms with Gasteiger partial charge in [0.1, 0.15) is 12.7 Å². The quantitative estimate of drug-likeness (QED) is 0.403. The summed E-state index contributed by atoms with van der Waals surface area (Å²) in [6, 6.07) is 9.57. The van der Waals surface area contributed by atoms with E-state index in [9.17, 15) is 9.90 Å². The highest BCUT2D eigenvalue weighted by Gasteiger charge is 2.51. The number of hydrogen-bond donors (Lipinski definition) is 2. The number of aliphatic hydroxyl groups is 1. The summed E-state index contributed by atoms with van der Waals surface area (Å²) < 4.78 is 12.0. The fraction of sp³-hybridized carbons (Fsp3) is 0.625. The molecule has 1 fully saturated rings. The maximum atomic E-state index is 12.8. The lowest BCUT2D eigenvalue weighted by Gasteiger charge is -2.50. The second-order valence-corrected chi connectivity index (χ2v) is 15.0. The average Bonchev–Trinajstić information content (AvgIpc) is 2.62. The van der Waals surface area contributed by atoms with E-state index in [-0.39, 0.29) is 24.2 Å². The van der Waals surface area contributed by atoms with Crippen LogP contribution >= 0.6 is 0 Å². The van der Waals surface area contributed by atoms with Crippen molar-refractivity contribution in [3.63, 3.8) is 0 Å². The van der Waals surface area contributed by atoms with Crippen molar-refractivity contribution in [1.29, 1.82) is 0 Å². The molecule has 30 heavy (non-hydrogen) atoms. The molecular weight excluding hydrogens is 394 g/mol. The molecule has 1 amide bonds. The number of amides is 1. The van der Waals surface area contributed by atoms with Crippen molar-refractivity contribution in [2.45, 2.75) is 83.3 Å². The Morgan fingerprint density at radius 2 is 1.87 bits per heavy atom. The zero-order valence-electron chi connectivity index (χ0n) is 19.5. The van der Waals surface area contributed by atoms with Gasteiger partial charge in [0.15, 0.2) is 8.32 Å². The molecule has 0 saturated heterocycles. The van der Waals surface area contributed by atoms with Crippen molar-refractivity contribution in [3.8, 4) is 0 Å². The lowest BCUT2D eigenvalue weighted by molar-refractivity contribution is -0.0217. The van der Waals surface area contributed by atoms with E-state index >= 15 is 0 Å². The van der Waals surface area contributed by atoms with Crippen LogP contribution in [0.4, 0.5) is 4.79 Å². The number of alkyl carbamates (subject to hydrolysis) is 1. The minimum Gasteiger partial charge on any atom is -0.445 e. The van der Waals surface area contributed by atoms with Crippen LogP contribution in [0, 0.1) is 5.92 Å². The Bertz CT molecular complexity index is 724. The predicted octanol–water partition coefficient (Wildman–Crippen LogP) is 5.41. The molecule has 5 nitrogen and oxygen atoms in total. The van der Waals surface area contributed by atoms with Crippen LogP contribution in [0.25, 0.3) is 0 Å². The highest BCUT2D eigenvalue weighted by Crippen LogP contribution is 2.43. The zero-order valence-corrected chi connectivity index (χ0v) is 20.5. The maximum absolute atomic E-state index is 12.8. The van der Waals surface area contributed by atoms with E-state index in [1.165, 1.54) is 0 Å². The summed E-state index contributed by atoms with van der Waals surface area (Å²) in [7, 11) is -2.08. The van der Waals surface area contributed by atoms with Gasteiger partial charge >= 0.3 is 6.09 Å². The fourth-order valence-electron chi connectivity index (χ4n) is 3.46. The first-order valence-corrected chi connectivity index (χ1v) is 13.8. The van der Waals surface area contributed by atoms with E-state index in [0.717, 1.165) is 24.8 Å². The number of carbonyl (C=O) groups excluding carboxylic acids is 1. The summed E-state index contributed by atoms with van der Waals surface area (Å²) in [6.45, 7) is 17.1. The van der Waals surface area contributed by atoms with Crippen LogP contribution < -0.4 is 5.32 Å². The summed E-state index contributed by atoms with van der Waals surface area (Å²) in [5.74, 6) is 0.123. The maximum Gasteiger partial charge on any atom is 0.408 e. The van der Waals surface area contributed by atoms with Gasteiger partial charge in [0.25, 0.3) is 0 Å². The Hall–Kier alpha value is -1.63. The molecule has 2 N–H and O–H groups in total. The van der Waals surface area contributed by atoms with Crippen molar-refractivity contribution < 1.29 is 19.1 Å². The first kappa shape index (κ1) is 24.6. The second kappa shape index (κ2) is 9.67. The van der Waals surface area contributed by atoms with Crippen LogP contribution in [-0.2, 0) is 15.8 Å². The Labute approximate surface area is 183 Å². The first-order chi connectivity index (χ1) is 13.9. The standard InChI is InChI=1S/C24H39NO4Si/c1-18(2)21(26)24(20-14-11-15-20,17-29-30(6,7)23(3,4)5)25-22(27)28-16-19-12-9-8-10-13-19/h8-10,12-13,20-21,26H,1,11,14-17H2,2-7H3,(H,25,27)/t21-,24-/m1/s1. The number of carbonyl (C=O) groups is 1. The summed E-state index contributed by atoms with van der Waals surface area (Å²) in [5.41, 5.74) is 0.594. The second-order valence-electron chi connectivity index (χ2n) is 10.2. The molecule has 2 atom stereocenters. The van der Waals surface area contributed by atoms with Gasteiger partial charge in [0, 0.05) is 0 Å². The van der Waals surface area contributed by atoms with E-state index in [1.54, 1.807) is 6.92 Å². The molecule has 2 rings (SSSR count). The van der Waals surface area contributed by atoms with Crippen molar-refractivity contribution in [2.24, 2.45) is 5.92 Å². The molecule has 0 unspecified atom stereocenters. The molecule has 0 aliphatic heterocycles. The molecule has 1 aromatic rings. The number of rotatable bonds is 9. The van der Waals surface area contributed by atoms with Gasteiger partial charge in [-0.25, -0.2) is 4.79 Å². The summed E-state index contributed by atoms with van der Waals surface area (Å²) >= 11 is 0. The van der Waals surface area contributed by atoms with Crippen LogP contribution in [-0.4, -0.2) is 37.8 Å². The van der Waals surface area contributed by atoms with Crippen molar-refractivity contribution >= 4 is 14.4 Å². The number of aliphatic hydroxyl groups excluding tert-OH is 1. The SMILES string of the molecule is C=C(C)[C@@H](O)[C@](CO[Si](C)(C)C(C)(C)C)(NC(=O)OCc1ccccc1)C1CCC1. The van der Waals surface area contributed by atoms with E-state index in [2.05, 4.69) is 45.8 Å². The minimum absolute atomic E-state index is 0.0281. The highest BCUT2D eigenvalue weighted by atomic mass is 28.4. The number of hydrogen-bond acceptors (Lipinski definition) is 4. The number of benzene rings is 1. The molecule has 1 aromatic carbocycles. The third-order valence-electron chi connectivity index (χ3n) is 6.81. The summed E-state index contributed by atoms with van der Waals surface area (Å²) in [5, 5.41) is 14.2. The summed E-state index contributed by atoms with van der Waals surface area (Å²) in [6.07, 6.45) is 1.51. The van der Waals surface area contributed by atoms with E-state index in [1.807, 2.05) is 30.3 Å². The normalized spacial score (nSPS) is 18.1. The Kier molecular flexibility index (Phi) is 7.94. The van der Waals surface area contributed by atoms with Gasteiger partial charge in [-0.05, 0) is 55.0 Å². The van der Waals surface area contributed by atoms with Crippen molar-refractivity contribution in [2.75, 3.05) is 6.61 Å². The van der Waals surface area contributed by atoms with Crippen LogP contribution in [0.2, 0.25) is 18.1 Å². The van der Waals surface area contributed by atoms with Gasteiger partial charge in [-0.3, -0.25) is 0 Å². The monoisotopic (exact) mass is 433 g/mol. The molecule has 0 heterocycles. The van der Waals surface area contributed by atoms with Crippen molar-refractivity contribution in [1.82, 2.24) is 5.32 Å². The molecular formula is C24H39NO4Si. The molecule has 0 bridgehead atoms. The van der Waals surface area contributed by atoms with Gasteiger partial charge in [-0.1, -0.05) is 64.1 Å². The van der Waals surface area contributed by atoms with Gasteiger partial charge in [-0.2, -0.15) is 0 Å². The Balaban J connectivity index is 2.22. The predicted molar refractivity (Wildman–Crippen MR) is 124 cm³/mol. The van der Waals surface area contributed by atoms with Crippen LogP contribution in [0.3, 0.4) is 0 Å². The van der Waals surface area contributed by atoms with Crippen LogP contribution in [0.5, 0.6) is 0 Å². The molecule has 168 valence electrons. The molecule has 0 radical (unpaired) electrons. The smallest absolute Gasteiger partial charge is 0.408 e. The van der Waals surface area contributed by atoms with Gasteiger partial charge in [0.05, 0.1) is 12.1 Å². The largest absolute Gasteiger partial charge is 0.445 e. The third-order valence-corrected chi connectivity index (χ3v) is 11.3. The fourth-order valence-corrected chi connectivity index (χ4v) is 4.49. The van der Waals surface area contributed by atoms with Crippen LogP contribution in [0.15, 0.2) is 42.5 Å². The van der Waals surface area contributed by atoms with Crippen molar-refractivity contribution in [3.05, 3.63) is 48.0 Å². The third kappa shape index (κ3) is 5.74. The molecule has 0 aromatic heterocycles. The van der Waals surface area contributed by atoms with E-state index in [4.69, 9.17) is 9.16 Å². The Morgan fingerprint density at radius 1 is 1.27 bits per heavy atom. The first-order valence-electron chi connectivity index (χ1n) is 10.9. The zero-order chi connectivity index (χ0) is 22.6. The average molecular weight is 434 g/mol. The van der Waals surface area contributed by atoms with Gasteiger partial charge < -0.3 is 19.6 Å². The number of ether oxygens (including phenoxy) is 1. The van der Waals surface area contributed by atoms with Gasteiger partial charge in [0.2, 0.25) is 0 Å². The van der Waals surface area contributed by atoms with E-state index < -0.39 is 26.1 Å². The molecule has 6 heteroatoms. The highest BCUT2D eigenvalue weighted by molar-refractivity contribution is 6.74. The Morgan fingerprint density at radius 3 is 2.33 bits per heavy atom. The molecule has 1 aliphatic rings. The lowest BCUT2D eigenvalue weighted by atomic mass is 9.67.